The number of halogens is 1. The summed E-state index contributed by atoms with van der Waals surface area (Å²) in [6.45, 7) is 5.09. The number of benzene rings is 2. The highest BCUT2D eigenvalue weighted by Crippen LogP contribution is 2.30. The van der Waals surface area contributed by atoms with E-state index in [2.05, 4.69) is 23.7 Å². The Morgan fingerprint density at radius 1 is 1.14 bits per heavy atom. The van der Waals surface area contributed by atoms with Gasteiger partial charge in [0.05, 0.1) is 18.7 Å². The summed E-state index contributed by atoms with van der Waals surface area (Å²) in [5.74, 6) is 0.241. The van der Waals surface area contributed by atoms with Crippen LogP contribution in [-0.2, 0) is 16.0 Å². The predicted octanol–water partition coefficient (Wildman–Crippen LogP) is 5.68. The molecule has 3 aromatic rings. The minimum Gasteiger partial charge on any atom is -0.494 e. The molecule has 1 aromatic heterocycles. The van der Waals surface area contributed by atoms with Gasteiger partial charge in [-0.25, -0.2) is 0 Å². The van der Waals surface area contributed by atoms with Crippen molar-refractivity contribution in [1.29, 1.82) is 0 Å². The number of hydrogen-bond donors (Lipinski definition) is 1. The van der Waals surface area contributed by atoms with Crippen LogP contribution in [0.5, 0.6) is 5.75 Å². The number of anilines is 2. The van der Waals surface area contributed by atoms with Crippen molar-refractivity contribution in [3.63, 3.8) is 0 Å². The molecule has 2 heterocycles. The van der Waals surface area contributed by atoms with Crippen LogP contribution in [-0.4, -0.2) is 41.0 Å². The molecule has 0 radical (unpaired) electrons. The third-order valence-corrected chi connectivity index (χ3v) is 7.53. The van der Waals surface area contributed by atoms with Crippen molar-refractivity contribution in [3.05, 3.63) is 75.4 Å². The Balaban J connectivity index is 1.55. The molecule has 0 bridgehead atoms. The molecule has 2 aromatic carbocycles. The highest BCUT2D eigenvalue weighted by atomic mass is 35.5. The number of thiophene rings is 1. The van der Waals surface area contributed by atoms with Crippen molar-refractivity contribution < 1.29 is 14.3 Å². The summed E-state index contributed by atoms with van der Waals surface area (Å²) in [6.07, 6.45) is 0.724. The standard InChI is InChI=1S/C26H26ClN3O3S2/c1-3-33-21-10-8-20(9-11-21)30-25(32)22(16-24(31)28-19-6-4-18(27)5-7-19)29(26(30)34)14-12-23-17(2)13-15-35-23/h4-11,13,15,22H,3,12,14,16H2,1-2H3,(H,28,31)/t22-/m1/s1. The number of amides is 2. The van der Waals surface area contributed by atoms with Crippen LogP contribution in [0.4, 0.5) is 11.4 Å². The molecule has 1 aliphatic rings. The number of aryl methyl sites for hydroxylation is 1. The van der Waals surface area contributed by atoms with E-state index in [0.29, 0.717) is 34.7 Å². The summed E-state index contributed by atoms with van der Waals surface area (Å²) in [5.41, 5.74) is 2.49. The Morgan fingerprint density at radius 2 is 1.86 bits per heavy atom. The van der Waals surface area contributed by atoms with Crippen LogP contribution in [0.1, 0.15) is 23.8 Å². The summed E-state index contributed by atoms with van der Waals surface area (Å²) in [5, 5.41) is 5.90. The zero-order chi connectivity index (χ0) is 24.9. The molecular weight excluding hydrogens is 502 g/mol. The van der Waals surface area contributed by atoms with Crippen molar-refractivity contribution in [2.24, 2.45) is 0 Å². The van der Waals surface area contributed by atoms with Gasteiger partial charge in [0.25, 0.3) is 5.91 Å². The fourth-order valence-corrected chi connectivity index (χ4v) is 5.43. The molecule has 1 saturated heterocycles. The molecule has 1 fully saturated rings. The first-order valence-electron chi connectivity index (χ1n) is 11.3. The Kier molecular flexibility index (Phi) is 8.05. The van der Waals surface area contributed by atoms with Crippen molar-refractivity contribution in [2.75, 3.05) is 23.4 Å². The second kappa shape index (κ2) is 11.2. The smallest absolute Gasteiger partial charge is 0.256 e. The first-order valence-corrected chi connectivity index (χ1v) is 13.0. The van der Waals surface area contributed by atoms with Gasteiger partial charge in [-0.3, -0.25) is 14.5 Å². The predicted molar refractivity (Wildman–Crippen MR) is 146 cm³/mol. The molecule has 35 heavy (non-hydrogen) atoms. The molecule has 1 N–H and O–H groups in total. The summed E-state index contributed by atoms with van der Waals surface area (Å²) >= 11 is 13.4. The lowest BCUT2D eigenvalue weighted by Crippen LogP contribution is -2.39. The first kappa shape index (κ1) is 25.2. The average molecular weight is 528 g/mol. The highest BCUT2D eigenvalue weighted by Gasteiger charge is 2.44. The van der Waals surface area contributed by atoms with E-state index in [-0.39, 0.29) is 18.2 Å². The van der Waals surface area contributed by atoms with Gasteiger partial charge in [0.2, 0.25) is 5.91 Å². The molecule has 6 nitrogen and oxygen atoms in total. The molecular formula is C26H26ClN3O3S2. The number of ether oxygens (including phenoxy) is 1. The molecule has 9 heteroatoms. The molecule has 1 atom stereocenters. The van der Waals surface area contributed by atoms with Gasteiger partial charge in [0.1, 0.15) is 11.8 Å². The number of hydrogen-bond acceptors (Lipinski definition) is 5. The minimum absolute atomic E-state index is 0.0153. The van der Waals surface area contributed by atoms with Crippen LogP contribution in [0, 0.1) is 6.92 Å². The van der Waals surface area contributed by atoms with Gasteiger partial charge >= 0.3 is 0 Å². The largest absolute Gasteiger partial charge is 0.494 e. The fraction of sp³-hybridized carbons (Fsp3) is 0.269. The van der Waals surface area contributed by atoms with E-state index in [1.807, 2.05) is 36.1 Å². The summed E-state index contributed by atoms with van der Waals surface area (Å²) in [4.78, 5) is 31.1. The zero-order valence-electron chi connectivity index (χ0n) is 19.5. The number of rotatable bonds is 9. The lowest BCUT2D eigenvalue weighted by molar-refractivity contribution is -0.124. The number of nitrogens with zero attached hydrogens (tertiary/aromatic N) is 2. The van der Waals surface area contributed by atoms with Gasteiger partial charge < -0.3 is 15.0 Å². The van der Waals surface area contributed by atoms with E-state index in [9.17, 15) is 9.59 Å². The van der Waals surface area contributed by atoms with Crippen LogP contribution >= 0.6 is 35.2 Å². The Bertz CT molecular complexity index is 1210. The highest BCUT2D eigenvalue weighted by molar-refractivity contribution is 7.80. The Morgan fingerprint density at radius 3 is 2.49 bits per heavy atom. The second-order valence-electron chi connectivity index (χ2n) is 8.13. The van der Waals surface area contributed by atoms with Crippen LogP contribution < -0.4 is 15.0 Å². The van der Waals surface area contributed by atoms with Crippen molar-refractivity contribution >= 4 is 63.5 Å². The third-order valence-electron chi connectivity index (χ3n) is 5.78. The van der Waals surface area contributed by atoms with E-state index in [1.165, 1.54) is 15.3 Å². The normalized spacial score (nSPS) is 15.6. The second-order valence-corrected chi connectivity index (χ2v) is 9.93. The maximum absolute atomic E-state index is 13.6. The number of nitrogens with one attached hydrogen (secondary N) is 1. The van der Waals surface area contributed by atoms with Crippen LogP contribution in [0.15, 0.2) is 60.0 Å². The minimum atomic E-state index is -0.693. The van der Waals surface area contributed by atoms with E-state index in [0.717, 1.165) is 12.2 Å². The van der Waals surface area contributed by atoms with Gasteiger partial charge in [0.15, 0.2) is 5.11 Å². The summed E-state index contributed by atoms with van der Waals surface area (Å²) < 4.78 is 5.52. The summed E-state index contributed by atoms with van der Waals surface area (Å²) in [7, 11) is 0. The van der Waals surface area contributed by atoms with Crippen LogP contribution in [0.2, 0.25) is 5.02 Å². The van der Waals surface area contributed by atoms with Gasteiger partial charge in [-0.1, -0.05) is 11.6 Å². The first-order chi connectivity index (χ1) is 16.9. The molecule has 0 aliphatic carbocycles. The number of carbonyl (C=O) groups excluding carboxylic acids is 2. The Labute approximate surface area is 219 Å². The molecule has 0 spiro atoms. The van der Waals surface area contributed by atoms with E-state index in [4.69, 9.17) is 28.6 Å². The molecule has 1 aliphatic heterocycles. The van der Waals surface area contributed by atoms with E-state index in [1.54, 1.807) is 35.6 Å². The van der Waals surface area contributed by atoms with Crippen LogP contribution in [0.3, 0.4) is 0 Å². The van der Waals surface area contributed by atoms with Gasteiger partial charge in [-0.05, 0) is 98.0 Å². The number of thiocarbonyl (C=S) groups is 1. The van der Waals surface area contributed by atoms with Crippen molar-refractivity contribution in [2.45, 2.75) is 32.7 Å². The van der Waals surface area contributed by atoms with E-state index < -0.39 is 6.04 Å². The topological polar surface area (TPSA) is 61.9 Å². The molecule has 182 valence electrons. The maximum atomic E-state index is 13.6. The lowest BCUT2D eigenvalue weighted by Gasteiger charge is -2.24. The van der Waals surface area contributed by atoms with E-state index >= 15 is 0 Å². The van der Waals surface area contributed by atoms with Gasteiger partial charge in [0, 0.05) is 22.1 Å². The quantitative estimate of drug-likeness (QED) is 0.363. The molecule has 0 unspecified atom stereocenters. The SMILES string of the molecule is CCOc1ccc(N2C(=O)[C@@H](CC(=O)Nc3ccc(Cl)cc3)N(CCc3sccc3C)C2=S)cc1. The average Bonchev–Trinajstić information content (AvgIpc) is 3.35. The molecule has 4 rings (SSSR count). The lowest BCUT2D eigenvalue weighted by atomic mass is 10.1. The molecule has 2 amide bonds. The fourth-order valence-electron chi connectivity index (χ4n) is 3.99. The Hall–Kier alpha value is -2.94. The maximum Gasteiger partial charge on any atom is 0.256 e. The van der Waals surface area contributed by atoms with Gasteiger partial charge in [-0.2, -0.15) is 0 Å². The third kappa shape index (κ3) is 5.83. The van der Waals surface area contributed by atoms with Crippen molar-refractivity contribution in [3.8, 4) is 5.75 Å². The summed E-state index contributed by atoms with van der Waals surface area (Å²) in [6, 6.07) is 15.5. The van der Waals surface area contributed by atoms with Gasteiger partial charge in [-0.15, -0.1) is 11.3 Å². The van der Waals surface area contributed by atoms with Crippen LogP contribution in [0.25, 0.3) is 0 Å². The molecule has 0 saturated carbocycles. The van der Waals surface area contributed by atoms with Crippen molar-refractivity contribution in [1.82, 2.24) is 4.90 Å². The number of carbonyl (C=O) groups is 2. The zero-order valence-corrected chi connectivity index (χ0v) is 21.9. The monoisotopic (exact) mass is 527 g/mol.